The summed E-state index contributed by atoms with van der Waals surface area (Å²) in [7, 11) is 1.72. The normalized spacial score (nSPS) is 9.00. The standard InChI is InChI=1S/C5H7N3O/c1-6-5-4(3-9)2-7-8-5/h2-3H,1H3,(H2,6,7,8). The molecule has 0 aliphatic heterocycles. The number of hydrogen-bond donors (Lipinski definition) is 2. The predicted molar refractivity (Wildman–Crippen MR) is 33.5 cm³/mol. The van der Waals surface area contributed by atoms with Crippen LogP contribution in [0.2, 0.25) is 0 Å². The van der Waals surface area contributed by atoms with Crippen LogP contribution in [0.1, 0.15) is 10.4 Å². The number of aromatic nitrogens is 2. The van der Waals surface area contributed by atoms with E-state index in [1.165, 1.54) is 6.20 Å². The lowest BCUT2D eigenvalue weighted by molar-refractivity contribution is 0.112. The Balaban J connectivity index is 2.98. The van der Waals surface area contributed by atoms with Gasteiger partial charge in [-0.25, -0.2) is 0 Å². The van der Waals surface area contributed by atoms with Crippen molar-refractivity contribution < 1.29 is 4.79 Å². The van der Waals surface area contributed by atoms with Gasteiger partial charge in [-0.1, -0.05) is 0 Å². The fourth-order valence-electron chi connectivity index (χ4n) is 0.585. The minimum absolute atomic E-state index is 0.553. The van der Waals surface area contributed by atoms with Crippen molar-refractivity contribution in [3.8, 4) is 0 Å². The molecule has 1 rings (SSSR count). The molecule has 0 saturated carbocycles. The third kappa shape index (κ3) is 0.910. The van der Waals surface area contributed by atoms with Crippen molar-refractivity contribution >= 4 is 12.1 Å². The first-order valence-corrected chi connectivity index (χ1v) is 2.54. The topological polar surface area (TPSA) is 57.8 Å². The number of nitrogens with one attached hydrogen (secondary N) is 2. The van der Waals surface area contributed by atoms with Crippen LogP contribution in [0.15, 0.2) is 6.20 Å². The highest BCUT2D eigenvalue weighted by Gasteiger charge is 1.97. The van der Waals surface area contributed by atoms with Gasteiger partial charge in [-0.15, -0.1) is 0 Å². The highest BCUT2D eigenvalue weighted by molar-refractivity contribution is 5.81. The average molecular weight is 125 g/mol. The number of nitrogens with zero attached hydrogens (tertiary/aromatic N) is 1. The minimum Gasteiger partial charge on any atom is -0.373 e. The molecule has 0 fully saturated rings. The summed E-state index contributed by atoms with van der Waals surface area (Å²) in [5.41, 5.74) is 0.553. The summed E-state index contributed by atoms with van der Waals surface area (Å²) in [5, 5.41) is 9.04. The van der Waals surface area contributed by atoms with Crippen LogP contribution in [-0.4, -0.2) is 23.5 Å². The molecule has 4 heteroatoms. The molecule has 4 nitrogen and oxygen atoms in total. The Morgan fingerprint density at radius 1 is 1.89 bits per heavy atom. The first-order valence-electron chi connectivity index (χ1n) is 2.54. The molecular weight excluding hydrogens is 118 g/mol. The summed E-state index contributed by atoms with van der Waals surface area (Å²) in [6.45, 7) is 0. The lowest BCUT2D eigenvalue weighted by atomic mass is 10.4. The van der Waals surface area contributed by atoms with Gasteiger partial charge in [0, 0.05) is 7.05 Å². The van der Waals surface area contributed by atoms with Crippen LogP contribution in [0.3, 0.4) is 0 Å². The Bertz CT molecular complexity index is 206. The summed E-state index contributed by atoms with van der Waals surface area (Å²) < 4.78 is 0. The maximum Gasteiger partial charge on any atom is 0.155 e. The van der Waals surface area contributed by atoms with Crippen molar-refractivity contribution in [2.75, 3.05) is 12.4 Å². The highest BCUT2D eigenvalue weighted by atomic mass is 16.1. The second-order valence-electron chi connectivity index (χ2n) is 1.57. The smallest absolute Gasteiger partial charge is 0.155 e. The van der Waals surface area contributed by atoms with Crippen molar-refractivity contribution in [1.29, 1.82) is 0 Å². The zero-order chi connectivity index (χ0) is 6.69. The number of anilines is 1. The molecule has 0 aromatic carbocycles. The van der Waals surface area contributed by atoms with Crippen LogP contribution in [0.5, 0.6) is 0 Å². The van der Waals surface area contributed by atoms with E-state index in [-0.39, 0.29) is 0 Å². The average Bonchev–Trinajstić information content (AvgIpc) is 2.33. The molecule has 0 unspecified atom stereocenters. The zero-order valence-corrected chi connectivity index (χ0v) is 5.01. The van der Waals surface area contributed by atoms with Crippen LogP contribution < -0.4 is 5.32 Å². The van der Waals surface area contributed by atoms with Crippen LogP contribution in [0, 0.1) is 0 Å². The quantitative estimate of drug-likeness (QED) is 0.557. The molecule has 0 bridgehead atoms. The van der Waals surface area contributed by atoms with E-state index < -0.39 is 0 Å². The molecule has 0 radical (unpaired) electrons. The maximum absolute atomic E-state index is 10.1. The number of H-pyrrole nitrogens is 1. The Labute approximate surface area is 52.3 Å². The summed E-state index contributed by atoms with van der Waals surface area (Å²) in [6, 6.07) is 0. The number of rotatable bonds is 2. The van der Waals surface area contributed by atoms with E-state index in [2.05, 4.69) is 15.5 Å². The van der Waals surface area contributed by atoms with Crippen LogP contribution in [0.4, 0.5) is 5.82 Å². The highest BCUT2D eigenvalue weighted by Crippen LogP contribution is 2.04. The molecule has 0 atom stereocenters. The SMILES string of the molecule is CNc1[nH]ncc1C=O. The first kappa shape index (κ1) is 5.81. The second kappa shape index (κ2) is 2.30. The number of aromatic amines is 1. The van der Waals surface area contributed by atoms with Gasteiger partial charge in [-0.3, -0.25) is 9.89 Å². The fourth-order valence-corrected chi connectivity index (χ4v) is 0.585. The van der Waals surface area contributed by atoms with Crippen LogP contribution >= 0.6 is 0 Å². The van der Waals surface area contributed by atoms with Crippen molar-refractivity contribution in [2.45, 2.75) is 0 Å². The van der Waals surface area contributed by atoms with E-state index in [1.807, 2.05) is 0 Å². The lowest BCUT2D eigenvalue weighted by Gasteiger charge is -1.91. The van der Waals surface area contributed by atoms with Gasteiger partial charge in [0.2, 0.25) is 0 Å². The van der Waals surface area contributed by atoms with Crippen LogP contribution in [-0.2, 0) is 0 Å². The van der Waals surface area contributed by atoms with Crippen molar-refractivity contribution in [2.24, 2.45) is 0 Å². The third-order valence-corrected chi connectivity index (χ3v) is 1.05. The Morgan fingerprint density at radius 2 is 2.67 bits per heavy atom. The Morgan fingerprint density at radius 3 is 3.11 bits per heavy atom. The molecule has 1 aromatic rings. The van der Waals surface area contributed by atoms with E-state index in [0.29, 0.717) is 11.4 Å². The predicted octanol–water partition coefficient (Wildman–Crippen LogP) is 0.264. The molecule has 0 spiro atoms. The van der Waals surface area contributed by atoms with Crippen molar-refractivity contribution in [3.05, 3.63) is 11.8 Å². The Hall–Kier alpha value is -1.32. The minimum atomic E-state index is 0.553. The molecule has 2 N–H and O–H groups in total. The largest absolute Gasteiger partial charge is 0.373 e. The van der Waals surface area contributed by atoms with Gasteiger partial charge in [0.25, 0.3) is 0 Å². The summed E-state index contributed by atoms with van der Waals surface area (Å²) in [5.74, 6) is 0.657. The van der Waals surface area contributed by atoms with E-state index in [0.717, 1.165) is 6.29 Å². The maximum atomic E-state index is 10.1. The van der Waals surface area contributed by atoms with Gasteiger partial charge in [-0.2, -0.15) is 5.10 Å². The molecule has 1 heterocycles. The van der Waals surface area contributed by atoms with Gasteiger partial charge < -0.3 is 5.32 Å². The molecular formula is C5H7N3O. The third-order valence-electron chi connectivity index (χ3n) is 1.05. The number of aldehydes is 1. The molecule has 9 heavy (non-hydrogen) atoms. The number of carbonyl (C=O) groups is 1. The first-order chi connectivity index (χ1) is 4.38. The number of hydrogen-bond acceptors (Lipinski definition) is 3. The molecule has 0 amide bonds. The molecule has 0 saturated heterocycles. The Kier molecular flexibility index (Phi) is 1.48. The van der Waals surface area contributed by atoms with Crippen LogP contribution in [0.25, 0.3) is 0 Å². The monoisotopic (exact) mass is 125 g/mol. The molecule has 0 aliphatic rings. The molecule has 48 valence electrons. The van der Waals surface area contributed by atoms with E-state index in [1.54, 1.807) is 7.05 Å². The molecule has 1 aromatic heterocycles. The van der Waals surface area contributed by atoms with Gasteiger partial charge in [0.05, 0.1) is 11.8 Å². The van der Waals surface area contributed by atoms with Gasteiger partial charge in [0.15, 0.2) is 6.29 Å². The lowest BCUT2D eigenvalue weighted by Crippen LogP contribution is -1.91. The fraction of sp³-hybridized carbons (Fsp3) is 0.200. The summed E-state index contributed by atoms with van der Waals surface area (Å²) in [4.78, 5) is 10.1. The van der Waals surface area contributed by atoms with Crippen molar-refractivity contribution in [3.63, 3.8) is 0 Å². The van der Waals surface area contributed by atoms with E-state index in [9.17, 15) is 4.79 Å². The van der Waals surface area contributed by atoms with Gasteiger partial charge >= 0.3 is 0 Å². The number of carbonyl (C=O) groups excluding carboxylic acids is 1. The second-order valence-corrected chi connectivity index (χ2v) is 1.57. The summed E-state index contributed by atoms with van der Waals surface area (Å²) in [6.07, 6.45) is 2.22. The van der Waals surface area contributed by atoms with E-state index >= 15 is 0 Å². The molecule has 0 aliphatic carbocycles. The van der Waals surface area contributed by atoms with Gasteiger partial charge in [0.1, 0.15) is 5.82 Å². The van der Waals surface area contributed by atoms with E-state index in [4.69, 9.17) is 0 Å². The zero-order valence-electron chi connectivity index (χ0n) is 5.01. The summed E-state index contributed by atoms with van der Waals surface area (Å²) >= 11 is 0. The van der Waals surface area contributed by atoms with Crippen molar-refractivity contribution in [1.82, 2.24) is 10.2 Å². The van der Waals surface area contributed by atoms with Gasteiger partial charge in [-0.05, 0) is 0 Å².